The molecule has 0 radical (unpaired) electrons. The van der Waals surface area contributed by atoms with E-state index in [2.05, 4.69) is 55.5 Å². The first-order valence-corrected chi connectivity index (χ1v) is 5.22. The maximum absolute atomic E-state index is 2.32. The summed E-state index contributed by atoms with van der Waals surface area (Å²) >= 11 is 0. The fraction of sp³-hybridized carbons (Fsp3) is 0.286. The lowest BCUT2D eigenvalue weighted by molar-refractivity contribution is 0.632. The standard InChI is InChI=1S/C14H16/c1-12-6-5-9-14(10-12)11-13-7-3-2-4-8-13/h2-9,14H,10-11H2,1H3. The molecule has 1 aromatic rings. The summed E-state index contributed by atoms with van der Waals surface area (Å²) in [6.45, 7) is 2.21. The summed E-state index contributed by atoms with van der Waals surface area (Å²) < 4.78 is 0. The van der Waals surface area contributed by atoms with Gasteiger partial charge in [0.1, 0.15) is 0 Å². The summed E-state index contributed by atoms with van der Waals surface area (Å²) in [5.41, 5.74) is 2.94. The molecule has 2 rings (SSSR count). The Morgan fingerprint density at radius 1 is 1.21 bits per heavy atom. The van der Waals surface area contributed by atoms with Crippen LogP contribution in [0, 0.1) is 5.92 Å². The first kappa shape index (κ1) is 9.26. The lowest BCUT2D eigenvalue weighted by Gasteiger charge is -2.16. The van der Waals surface area contributed by atoms with Crippen LogP contribution in [0.3, 0.4) is 0 Å². The van der Waals surface area contributed by atoms with E-state index in [0.717, 1.165) is 0 Å². The fourth-order valence-electron chi connectivity index (χ4n) is 1.98. The van der Waals surface area contributed by atoms with Crippen LogP contribution in [-0.2, 0) is 6.42 Å². The zero-order chi connectivity index (χ0) is 9.80. The lowest BCUT2D eigenvalue weighted by Crippen LogP contribution is -2.04. The van der Waals surface area contributed by atoms with E-state index >= 15 is 0 Å². The zero-order valence-corrected chi connectivity index (χ0v) is 8.61. The molecule has 0 saturated carbocycles. The van der Waals surface area contributed by atoms with E-state index in [1.165, 1.54) is 24.0 Å². The Bertz CT molecular complexity index is 344. The lowest BCUT2D eigenvalue weighted by atomic mass is 9.90. The van der Waals surface area contributed by atoms with Gasteiger partial charge in [0, 0.05) is 0 Å². The summed E-state index contributed by atoms with van der Waals surface area (Å²) in [6, 6.07) is 10.7. The predicted molar refractivity (Wildman–Crippen MR) is 61.2 cm³/mol. The van der Waals surface area contributed by atoms with Crippen molar-refractivity contribution in [2.24, 2.45) is 5.92 Å². The number of rotatable bonds is 2. The van der Waals surface area contributed by atoms with Crippen LogP contribution >= 0.6 is 0 Å². The van der Waals surface area contributed by atoms with Crippen LogP contribution in [0.15, 0.2) is 54.1 Å². The van der Waals surface area contributed by atoms with Crippen LogP contribution in [0.5, 0.6) is 0 Å². The second-order valence-electron chi connectivity index (χ2n) is 4.05. The van der Waals surface area contributed by atoms with E-state index < -0.39 is 0 Å². The van der Waals surface area contributed by atoms with Crippen molar-refractivity contribution in [3.8, 4) is 0 Å². The van der Waals surface area contributed by atoms with Crippen molar-refractivity contribution in [3.63, 3.8) is 0 Å². The molecule has 0 bridgehead atoms. The third-order valence-corrected chi connectivity index (χ3v) is 2.69. The van der Waals surface area contributed by atoms with Gasteiger partial charge in [-0.15, -0.1) is 0 Å². The largest absolute Gasteiger partial charge is 0.0808 e. The minimum atomic E-state index is 0.697. The monoisotopic (exact) mass is 184 g/mol. The van der Waals surface area contributed by atoms with E-state index in [-0.39, 0.29) is 0 Å². The molecular weight excluding hydrogens is 168 g/mol. The summed E-state index contributed by atoms with van der Waals surface area (Å²) in [7, 11) is 0. The molecule has 72 valence electrons. The highest BCUT2D eigenvalue weighted by atomic mass is 14.1. The van der Waals surface area contributed by atoms with Crippen LogP contribution in [0.1, 0.15) is 18.9 Å². The number of hydrogen-bond donors (Lipinski definition) is 0. The van der Waals surface area contributed by atoms with Crippen molar-refractivity contribution >= 4 is 0 Å². The Morgan fingerprint density at radius 3 is 2.71 bits per heavy atom. The van der Waals surface area contributed by atoms with Crippen LogP contribution in [0.2, 0.25) is 0 Å². The Balaban J connectivity index is 2.00. The molecule has 0 spiro atoms. The van der Waals surface area contributed by atoms with Gasteiger partial charge in [0.05, 0.1) is 0 Å². The molecule has 0 amide bonds. The van der Waals surface area contributed by atoms with Gasteiger partial charge in [0.25, 0.3) is 0 Å². The molecule has 0 heterocycles. The molecule has 1 atom stereocenters. The van der Waals surface area contributed by atoms with Crippen LogP contribution in [-0.4, -0.2) is 0 Å². The Morgan fingerprint density at radius 2 is 2.00 bits per heavy atom. The molecule has 1 aliphatic rings. The van der Waals surface area contributed by atoms with Gasteiger partial charge in [-0.2, -0.15) is 0 Å². The smallest absolute Gasteiger partial charge is 0.0153 e. The highest BCUT2D eigenvalue weighted by Crippen LogP contribution is 2.21. The van der Waals surface area contributed by atoms with Crippen LogP contribution < -0.4 is 0 Å². The molecule has 1 aromatic carbocycles. The summed E-state index contributed by atoms with van der Waals surface area (Å²) in [4.78, 5) is 0. The second-order valence-corrected chi connectivity index (χ2v) is 4.05. The van der Waals surface area contributed by atoms with Crippen molar-refractivity contribution < 1.29 is 0 Å². The number of allylic oxidation sites excluding steroid dienone is 4. The van der Waals surface area contributed by atoms with E-state index in [9.17, 15) is 0 Å². The average molecular weight is 184 g/mol. The molecule has 14 heavy (non-hydrogen) atoms. The normalized spacial score (nSPS) is 20.6. The first-order chi connectivity index (χ1) is 6.84. The highest BCUT2D eigenvalue weighted by Gasteiger charge is 2.08. The molecule has 0 heteroatoms. The molecule has 0 nitrogen and oxygen atoms in total. The fourth-order valence-corrected chi connectivity index (χ4v) is 1.98. The van der Waals surface area contributed by atoms with Gasteiger partial charge in [-0.25, -0.2) is 0 Å². The SMILES string of the molecule is CC1=CC=CC(Cc2ccccc2)C1. The van der Waals surface area contributed by atoms with Gasteiger partial charge >= 0.3 is 0 Å². The summed E-state index contributed by atoms with van der Waals surface area (Å²) in [5, 5.41) is 0. The Hall–Kier alpha value is -1.30. The van der Waals surface area contributed by atoms with Crippen molar-refractivity contribution in [3.05, 3.63) is 59.7 Å². The zero-order valence-electron chi connectivity index (χ0n) is 8.61. The van der Waals surface area contributed by atoms with Gasteiger partial charge in [0.15, 0.2) is 0 Å². The van der Waals surface area contributed by atoms with Crippen LogP contribution in [0.4, 0.5) is 0 Å². The van der Waals surface area contributed by atoms with Crippen molar-refractivity contribution in [2.75, 3.05) is 0 Å². The molecule has 1 unspecified atom stereocenters. The molecule has 0 N–H and O–H groups in total. The molecule has 1 aliphatic carbocycles. The molecule has 0 fully saturated rings. The van der Waals surface area contributed by atoms with Crippen molar-refractivity contribution in [1.29, 1.82) is 0 Å². The molecular formula is C14H16. The van der Waals surface area contributed by atoms with Crippen molar-refractivity contribution in [2.45, 2.75) is 19.8 Å². The third-order valence-electron chi connectivity index (χ3n) is 2.69. The number of hydrogen-bond acceptors (Lipinski definition) is 0. The van der Waals surface area contributed by atoms with E-state index in [4.69, 9.17) is 0 Å². The first-order valence-electron chi connectivity index (χ1n) is 5.22. The predicted octanol–water partition coefficient (Wildman–Crippen LogP) is 3.75. The Kier molecular flexibility index (Phi) is 2.83. The topological polar surface area (TPSA) is 0 Å². The third kappa shape index (κ3) is 2.35. The van der Waals surface area contributed by atoms with Gasteiger partial charge in [-0.05, 0) is 31.2 Å². The molecule has 0 saturated heterocycles. The van der Waals surface area contributed by atoms with Crippen LogP contribution in [0.25, 0.3) is 0 Å². The van der Waals surface area contributed by atoms with Crippen molar-refractivity contribution in [1.82, 2.24) is 0 Å². The number of benzene rings is 1. The van der Waals surface area contributed by atoms with E-state index in [1.54, 1.807) is 0 Å². The van der Waals surface area contributed by atoms with Gasteiger partial charge < -0.3 is 0 Å². The van der Waals surface area contributed by atoms with Gasteiger partial charge in [-0.3, -0.25) is 0 Å². The minimum absolute atomic E-state index is 0.697. The van der Waals surface area contributed by atoms with E-state index in [1.807, 2.05) is 0 Å². The second kappa shape index (κ2) is 4.28. The summed E-state index contributed by atoms with van der Waals surface area (Å²) in [5.74, 6) is 0.697. The highest BCUT2D eigenvalue weighted by molar-refractivity contribution is 5.22. The quantitative estimate of drug-likeness (QED) is 0.656. The van der Waals surface area contributed by atoms with Gasteiger partial charge in [-0.1, -0.05) is 54.1 Å². The molecule has 0 aromatic heterocycles. The summed E-state index contributed by atoms with van der Waals surface area (Å²) in [6.07, 6.45) is 9.10. The average Bonchev–Trinajstić information content (AvgIpc) is 2.19. The minimum Gasteiger partial charge on any atom is -0.0808 e. The Labute approximate surface area is 86.0 Å². The van der Waals surface area contributed by atoms with E-state index in [0.29, 0.717) is 5.92 Å². The molecule has 0 aliphatic heterocycles. The van der Waals surface area contributed by atoms with Gasteiger partial charge in [0.2, 0.25) is 0 Å². The maximum Gasteiger partial charge on any atom is -0.0153 e. The maximum atomic E-state index is 2.32.